The predicted molar refractivity (Wildman–Crippen MR) is 96.9 cm³/mol. The van der Waals surface area contributed by atoms with Gasteiger partial charge in [0.15, 0.2) is 5.43 Å². The van der Waals surface area contributed by atoms with Gasteiger partial charge in [-0.05, 0) is 43.5 Å². The average molecular weight is 336 g/mol. The lowest BCUT2D eigenvalue weighted by Gasteiger charge is -2.16. The molecule has 0 aliphatic heterocycles. The minimum atomic E-state index is -0.803. The fraction of sp³-hybridized carbons (Fsp3) is 0.238. The van der Waals surface area contributed by atoms with Crippen LogP contribution in [-0.2, 0) is 9.53 Å². The molecule has 3 aromatic rings. The molecule has 4 heteroatoms. The van der Waals surface area contributed by atoms with E-state index in [0.717, 1.165) is 11.1 Å². The Bertz CT molecular complexity index is 970. The molecule has 0 aliphatic rings. The summed E-state index contributed by atoms with van der Waals surface area (Å²) in [6, 6.07) is 12.9. The fourth-order valence-corrected chi connectivity index (χ4v) is 3.12. The van der Waals surface area contributed by atoms with Crippen LogP contribution in [0.25, 0.3) is 11.0 Å². The molecule has 1 atom stereocenters. The molecule has 1 heterocycles. The first kappa shape index (κ1) is 17.0. The van der Waals surface area contributed by atoms with E-state index in [1.165, 1.54) is 6.26 Å². The van der Waals surface area contributed by atoms with Gasteiger partial charge in [-0.15, -0.1) is 0 Å². The summed E-state index contributed by atoms with van der Waals surface area (Å²) in [5, 5.41) is 0.486. The van der Waals surface area contributed by atoms with Gasteiger partial charge in [0.1, 0.15) is 11.5 Å². The Morgan fingerprint density at radius 3 is 2.56 bits per heavy atom. The number of hydrogen-bond acceptors (Lipinski definition) is 4. The lowest BCUT2D eigenvalue weighted by Crippen LogP contribution is -2.23. The average Bonchev–Trinajstić information content (AvgIpc) is 2.59. The van der Waals surface area contributed by atoms with E-state index in [1.54, 1.807) is 13.0 Å². The molecule has 2 aromatic carbocycles. The molecule has 0 spiro atoms. The molecule has 0 aliphatic carbocycles. The lowest BCUT2D eigenvalue weighted by molar-refractivity contribution is -0.143. The second-order valence-electron chi connectivity index (χ2n) is 6.07. The quantitative estimate of drug-likeness (QED) is 0.673. The Morgan fingerprint density at radius 2 is 1.88 bits per heavy atom. The summed E-state index contributed by atoms with van der Waals surface area (Å²) in [4.78, 5) is 25.7. The van der Waals surface area contributed by atoms with Crippen molar-refractivity contribution in [3.8, 4) is 0 Å². The van der Waals surface area contributed by atoms with Crippen molar-refractivity contribution < 1.29 is 13.9 Å². The van der Waals surface area contributed by atoms with Crippen LogP contribution in [0.4, 0.5) is 0 Å². The van der Waals surface area contributed by atoms with Gasteiger partial charge in [-0.2, -0.15) is 0 Å². The van der Waals surface area contributed by atoms with Gasteiger partial charge in [-0.1, -0.05) is 36.4 Å². The molecule has 0 unspecified atom stereocenters. The van der Waals surface area contributed by atoms with Crippen LogP contribution in [0, 0.1) is 13.8 Å². The zero-order valence-electron chi connectivity index (χ0n) is 14.5. The van der Waals surface area contributed by atoms with Crippen molar-refractivity contribution in [2.45, 2.75) is 26.7 Å². The number of rotatable bonds is 4. The van der Waals surface area contributed by atoms with E-state index in [1.807, 2.05) is 50.2 Å². The third-order valence-corrected chi connectivity index (χ3v) is 4.20. The maximum Gasteiger partial charge on any atom is 0.318 e. The summed E-state index contributed by atoms with van der Waals surface area (Å²) in [7, 11) is 0. The SMILES string of the molecule is CCOC(=O)[C@H](c1ccccc1)c1coc2c(C)cc(C)cc2c1=O. The summed E-state index contributed by atoms with van der Waals surface area (Å²) >= 11 is 0. The minimum Gasteiger partial charge on any atom is -0.465 e. The molecule has 0 amide bonds. The van der Waals surface area contributed by atoms with Crippen LogP contribution in [0.1, 0.15) is 35.1 Å². The van der Waals surface area contributed by atoms with E-state index >= 15 is 0 Å². The van der Waals surface area contributed by atoms with Crippen molar-refractivity contribution in [1.29, 1.82) is 0 Å². The first-order chi connectivity index (χ1) is 12.0. The van der Waals surface area contributed by atoms with E-state index in [9.17, 15) is 9.59 Å². The van der Waals surface area contributed by atoms with Gasteiger partial charge in [0.2, 0.25) is 0 Å². The first-order valence-electron chi connectivity index (χ1n) is 8.27. The van der Waals surface area contributed by atoms with Crippen LogP contribution in [0.15, 0.2) is 57.9 Å². The number of aryl methyl sites for hydroxylation is 2. The zero-order valence-corrected chi connectivity index (χ0v) is 14.5. The molecule has 0 fully saturated rings. The van der Waals surface area contributed by atoms with Crippen LogP contribution in [0.5, 0.6) is 0 Å². The summed E-state index contributed by atoms with van der Waals surface area (Å²) in [6.07, 6.45) is 1.39. The van der Waals surface area contributed by atoms with Gasteiger partial charge >= 0.3 is 5.97 Å². The topological polar surface area (TPSA) is 56.5 Å². The molecule has 3 rings (SSSR count). The number of fused-ring (bicyclic) bond motifs is 1. The second-order valence-corrected chi connectivity index (χ2v) is 6.07. The van der Waals surface area contributed by atoms with E-state index in [4.69, 9.17) is 9.15 Å². The maximum absolute atomic E-state index is 13.1. The summed E-state index contributed by atoms with van der Waals surface area (Å²) in [5.74, 6) is -1.26. The highest BCUT2D eigenvalue weighted by atomic mass is 16.5. The van der Waals surface area contributed by atoms with Crippen LogP contribution >= 0.6 is 0 Å². The van der Waals surface area contributed by atoms with Crippen molar-refractivity contribution in [3.05, 3.63) is 81.2 Å². The number of hydrogen-bond donors (Lipinski definition) is 0. The zero-order chi connectivity index (χ0) is 18.0. The Balaban J connectivity index is 2.24. The second kappa shape index (κ2) is 6.93. The Labute approximate surface area is 146 Å². The standard InChI is InChI=1S/C21H20O4/c1-4-24-21(23)18(15-8-6-5-7-9-15)17-12-25-20-14(3)10-13(2)11-16(20)19(17)22/h5-12,18H,4H2,1-3H3/t18-/m1/s1. The minimum absolute atomic E-state index is 0.199. The molecule has 128 valence electrons. The highest BCUT2D eigenvalue weighted by Gasteiger charge is 2.28. The number of ether oxygens (including phenoxy) is 1. The Kier molecular flexibility index (Phi) is 4.70. The van der Waals surface area contributed by atoms with Gasteiger partial charge < -0.3 is 9.15 Å². The van der Waals surface area contributed by atoms with E-state index in [0.29, 0.717) is 22.1 Å². The van der Waals surface area contributed by atoms with E-state index in [2.05, 4.69) is 0 Å². The predicted octanol–water partition coefficient (Wildman–Crippen LogP) is 4.10. The summed E-state index contributed by atoms with van der Waals surface area (Å²) < 4.78 is 10.9. The Hall–Kier alpha value is -2.88. The normalized spacial score (nSPS) is 12.1. The third-order valence-electron chi connectivity index (χ3n) is 4.20. The number of carbonyl (C=O) groups excluding carboxylic acids is 1. The number of carbonyl (C=O) groups is 1. The lowest BCUT2D eigenvalue weighted by atomic mass is 9.91. The van der Waals surface area contributed by atoms with Gasteiger partial charge in [0, 0.05) is 0 Å². The van der Waals surface area contributed by atoms with Gasteiger partial charge in [0.25, 0.3) is 0 Å². The molecule has 0 N–H and O–H groups in total. The molecule has 0 saturated heterocycles. The summed E-state index contributed by atoms with van der Waals surface area (Å²) in [6.45, 7) is 5.82. The molecular formula is C21H20O4. The van der Waals surface area contributed by atoms with Crippen LogP contribution in [0.3, 0.4) is 0 Å². The Morgan fingerprint density at radius 1 is 1.16 bits per heavy atom. The van der Waals surface area contributed by atoms with Gasteiger partial charge in [-0.3, -0.25) is 9.59 Å². The monoisotopic (exact) mass is 336 g/mol. The molecule has 0 radical (unpaired) electrons. The van der Waals surface area contributed by atoms with E-state index in [-0.39, 0.29) is 12.0 Å². The molecule has 0 bridgehead atoms. The van der Waals surface area contributed by atoms with E-state index < -0.39 is 11.9 Å². The van der Waals surface area contributed by atoms with Gasteiger partial charge in [-0.25, -0.2) is 0 Å². The first-order valence-corrected chi connectivity index (χ1v) is 8.27. The van der Waals surface area contributed by atoms with Crippen LogP contribution < -0.4 is 5.43 Å². The highest BCUT2D eigenvalue weighted by Crippen LogP contribution is 2.27. The van der Waals surface area contributed by atoms with Crippen molar-refractivity contribution in [3.63, 3.8) is 0 Å². The number of esters is 1. The molecule has 4 nitrogen and oxygen atoms in total. The van der Waals surface area contributed by atoms with Crippen molar-refractivity contribution in [1.82, 2.24) is 0 Å². The molecule has 0 saturated carbocycles. The largest absolute Gasteiger partial charge is 0.465 e. The van der Waals surface area contributed by atoms with Gasteiger partial charge in [0.05, 0.1) is 23.8 Å². The number of benzene rings is 2. The fourth-order valence-electron chi connectivity index (χ4n) is 3.12. The van der Waals surface area contributed by atoms with Crippen molar-refractivity contribution in [2.24, 2.45) is 0 Å². The highest BCUT2D eigenvalue weighted by molar-refractivity contribution is 5.85. The smallest absolute Gasteiger partial charge is 0.318 e. The molecule has 25 heavy (non-hydrogen) atoms. The maximum atomic E-state index is 13.1. The van der Waals surface area contributed by atoms with Crippen LogP contribution in [0.2, 0.25) is 0 Å². The molecule has 1 aromatic heterocycles. The summed E-state index contributed by atoms with van der Waals surface area (Å²) in [5.41, 5.74) is 3.22. The van der Waals surface area contributed by atoms with Crippen molar-refractivity contribution >= 4 is 16.9 Å². The van der Waals surface area contributed by atoms with Crippen LogP contribution in [-0.4, -0.2) is 12.6 Å². The van der Waals surface area contributed by atoms with Crippen molar-refractivity contribution in [2.75, 3.05) is 6.61 Å². The third kappa shape index (κ3) is 3.20. The molecular weight excluding hydrogens is 316 g/mol.